The number of nitrogens with zero attached hydrogens (tertiary/aromatic N) is 1. The van der Waals surface area contributed by atoms with E-state index in [-0.39, 0.29) is 0 Å². The zero-order valence-corrected chi connectivity index (χ0v) is 11.3. The normalized spacial score (nSPS) is 11.1. The molecule has 0 fully saturated rings. The van der Waals surface area contributed by atoms with Gasteiger partial charge in [-0.1, -0.05) is 19.9 Å². The van der Waals surface area contributed by atoms with Crippen molar-refractivity contribution in [2.75, 3.05) is 19.6 Å². The van der Waals surface area contributed by atoms with Gasteiger partial charge in [-0.2, -0.15) is 0 Å². The molecule has 17 heavy (non-hydrogen) atoms. The van der Waals surface area contributed by atoms with Crippen LogP contribution in [0.1, 0.15) is 31.5 Å². The van der Waals surface area contributed by atoms with Gasteiger partial charge in [0.05, 0.1) is 5.69 Å². The highest BCUT2D eigenvalue weighted by atomic mass is 14.9. The first-order valence-corrected chi connectivity index (χ1v) is 6.52. The zero-order chi connectivity index (χ0) is 12.5. The van der Waals surface area contributed by atoms with E-state index in [4.69, 9.17) is 0 Å². The Morgan fingerprint density at radius 1 is 1.24 bits per heavy atom. The fourth-order valence-electron chi connectivity index (χ4n) is 1.64. The molecule has 3 heteroatoms. The lowest BCUT2D eigenvalue weighted by atomic mass is 10.2. The van der Waals surface area contributed by atoms with Crippen molar-refractivity contribution in [1.82, 2.24) is 15.6 Å². The van der Waals surface area contributed by atoms with E-state index >= 15 is 0 Å². The van der Waals surface area contributed by atoms with Crippen LogP contribution in [0.2, 0.25) is 0 Å². The highest BCUT2D eigenvalue weighted by Gasteiger charge is 1.97. The van der Waals surface area contributed by atoms with Crippen molar-refractivity contribution in [2.45, 2.75) is 33.7 Å². The lowest BCUT2D eigenvalue weighted by Crippen LogP contribution is -2.24. The van der Waals surface area contributed by atoms with Crippen LogP contribution in [0.15, 0.2) is 18.3 Å². The Morgan fingerprint density at radius 3 is 2.71 bits per heavy atom. The zero-order valence-electron chi connectivity index (χ0n) is 11.3. The highest BCUT2D eigenvalue weighted by molar-refractivity contribution is 5.17. The van der Waals surface area contributed by atoms with Crippen LogP contribution in [-0.4, -0.2) is 24.6 Å². The largest absolute Gasteiger partial charge is 0.316 e. The van der Waals surface area contributed by atoms with Crippen molar-refractivity contribution in [2.24, 2.45) is 5.92 Å². The average molecular weight is 235 g/mol. The van der Waals surface area contributed by atoms with Crippen LogP contribution in [0.25, 0.3) is 0 Å². The third kappa shape index (κ3) is 6.39. The summed E-state index contributed by atoms with van der Waals surface area (Å²) in [7, 11) is 0. The van der Waals surface area contributed by atoms with E-state index in [0.717, 1.165) is 37.8 Å². The molecule has 0 aromatic carbocycles. The van der Waals surface area contributed by atoms with Crippen LogP contribution in [0.5, 0.6) is 0 Å². The smallest absolute Gasteiger partial charge is 0.0570 e. The number of nitrogens with one attached hydrogen (secondary N) is 2. The predicted octanol–water partition coefficient (Wildman–Crippen LogP) is 2.12. The van der Waals surface area contributed by atoms with Crippen molar-refractivity contribution in [1.29, 1.82) is 0 Å². The molecule has 0 bridgehead atoms. The molecule has 0 aliphatic carbocycles. The number of pyridine rings is 1. The fraction of sp³-hybridized carbons (Fsp3) is 0.643. The Balaban J connectivity index is 2.03. The summed E-state index contributed by atoms with van der Waals surface area (Å²) in [6.07, 6.45) is 3.02. The molecule has 0 unspecified atom stereocenters. The summed E-state index contributed by atoms with van der Waals surface area (Å²) < 4.78 is 0. The van der Waals surface area contributed by atoms with Crippen LogP contribution in [0.4, 0.5) is 0 Å². The minimum absolute atomic E-state index is 0.735. The molecule has 0 saturated heterocycles. The lowest BCUT2D eigenvalue weighted by molar-refractivity contribution is 0.529. The SMILES string of the molecule is Cc1cccnc1CNCCCNCC(C)C. The summed E-state index contributed by atoms with van der Waals surface area (Å²) in [6, 6.07) is 4.09. The van der Waals surface area contributed by atoms with Gasteiger partial charge in [0.25, 0.3) is 0 Å². The van der Waals surface area contributed by atoms with E-state index in [1.807, 2.05) is 12.3 Å². The average Bonchev–Trinajstić information content (AvgIpc) is 2.30. The number of hydrogen-bond donors (Lipinski definition) is 2. The molecule has 0 atom stereocenters. The summed E-state index contributed by atoms with van der Waals surface area (Å²) in [5.41, 5.74) is 2.42. The molecule has 0 aliphatic rings. The fourth-order valence-corrected chi connectivity index (χ4v) is 1.64. The Labute approximate surface area is 105 Å². The number of hydrogen-bond acceptors (Lipinski definition) is 3. The summed E-state index contributed by atoms with van der Waals surface area (Å²) >= 11 is 0. The topological polar surface area (TPSA) is 37.0 Å². The molecule has 0 spiro atoms. The first kappa shape index (κ1) is 14.1. The molecule has 2 N–H and O–H groups in total. The molecular weight excluding hydrogens is 210 g/mol. The van der Waals surface area contributed by atoms with E-state index in [1.54, 1.807) is 0 Å². The van der Waals surface area contributed by atoms with Gasteiger partial charge in [-0.05, 0) is 50.5 Å². The van der Waals surface area contributed by atoms with Crippen LogP contribution in [0, 0.1) is 12.8 Å². The standard InChI is InChI=1S/C14H25N3/c1-12(2)10-15-7-5-8-16-11-14-13(3)6-4-9-17-14/h4,6,9,12,15-16H,5,7-8,10-11H2,1-3H3. The molecule has 1 rings (SSSR count). The molecule has 0 aliphatic heterocycles. The molecule has 3 nitrogen and oxygen atoms in total. The van der Waals surface area contributed by atoms with Crippen molar-refractivity contribution < 1.29 is 0 Å². The molecule has 0 saturated carbocycles. The van der Waals surface area contributed by atoms with Gasteiger partial charge >= 0.3 is 0 Å². The maximum absolute atomic E-state index is 4.36. The van der Waals surface area contributed by atoms with Gasteiger partial charge in [-0.25, -0.2) is 0 Å². The van der Waals surface area contributed by atoms with E-state index < -0.39 is 0 Å². The van der Waals surface area contributed by atoms with E-state index in [9.17, 15) is 0 Å². The van der Waals surface area contributed by atoms with Crippen LogP contribution in [0.3, 0.4) is 0 Å². The van der Waals surface area contributed by atoms with Gasteiger partial charge < -0.3 is 10.6 Å². The molecular formula is C14H25N3. The molecule has 1 aromatic rings. The lowest BCUT2D eigenvalue weighted by Gasteiger charge is -2.08. The Bertz CT molecular complexity index is 310. The summed E-state index contributed by atoms with van der Waals surface area (Å²) in [5, 5.41) is 6.87. The molecule has 0 radical (unpaired) electrons. The number of aryl methyl sites for hydroxylation is 1. The minimum atomic E-state index is 0.735. The second-order valence-corrected chi connectivity index (χ2v) is 4.90. The van der Waals surface area contributed by atoms with E-state index in [0.29, 0.717) is 0 Å². The van der Waals surface area contributed by atoms with Crippen molar-refractivity contribution in [3.05, 3.63) is 29.6 Å². The Hall–Kier alpha value is -0.930. The molecule has 96 valence electrons. The van der Waals surface area contributed by atoms with Gasteiger partial charge in [0.15, 0.2) is 0 Å². The number of aromatic nitrogens is 1. The van der Waals surface area contributed by atoms with Crippen LogP contribution >= 0.6 is 0 Å². The third-order valence-electron chi connectivity index (χ3n) is 2.67. The van der Waals surface area contributed by atoms with Crippen molar-refractivity contribution in [3.63, 3.8) is 0 Å². The third-order valence-corrected chi connectivity index (χ3v) is 2.67. The second-order valence-electron chi connectivity index (χ2n) is 4.90. The Kier molecular flexibility index (Phi) is 6.82. The Morgan fingerprint density at radius 2 is 2.00 bits per heavy atom. The van der Waals surface area contributed by atoms with Crippen LogP contribution < -0.4 is 10.6 Å². The highest BCUT2D eigenvalue weighted by Crippen LogP contribution is 2.01. The summed E-state index contributed by atoms with van der Waals surface area (Å²) in [6.45, 7) is 10.7. The van der Waals surface area contributed by atoms with Crippen molar-refractivity contribution in [3.8, 4) is 0 Å². The first-order valence-electron chi connectivity index (χ1n) is 6.52. The van der Waals surface area contributed by atoms with Gasteiger partial charge in [-0.3, -0.25) is 4.98 Å². The van der Waals surface area contributed by atoms with Gasteiger partial charge in [-0.15, -0.1) is 0 Å². The molecule has 0 amide bonds. The maximum atomic E-state index is 4.36. The minimum Gasteiger partial charge on any atom is -0.316 e. The summed E-state index contributed by atoms with van der Waals surface area (Å²) in [4.78, 5) is 4.36. The predicted molar refractivity (Wildman–Crippen MR) is 73.0 cm³/mol. The molecule has 1 aromatic heterocycles. The quantitative estimate of drug-likeness (QED) is 0.678. The molecule has 1 heterocycles. The second kappa shape index (κ2) is 8.20. The van der Waals surface area contributed by atoms with Gasteiger partial charge in [0.1, 0.15) is 0 Å². The monoisotopic (exact) mass is 235 g/mol. The van der Waals surface area contributed by atoms with E-state index in [2.05, 4.69) is 42.5 Å². The van der Waals surface area contributed by atoms with Gasteiger partial charge in [0, 0.05) is 12.7 Å². The maximum Gasteiger partial charge on any atom is 0.0570 e. The number of rotatable bonds is 8. The summed E-state index contributed by atoms with van der Waals surface area (Å²) in [5.74, 6) is 0.735. The van der Waals surface area contributed by atoms with Crippen molar-refractivity contribution >= 4 is 0 Å². The first-order chi connectivity index (χ1) is 8.20. The van der Waals surface area contributed by atoms with Gasteiger partial charge in [0.2, 0.25) is 0 Å². The van der Waals surface area contributed by atoms with E-state index in [1.165, 1.54) is 12.0 Å². The van der Waals surface area contributed by atoms with Crippen LogP contribution in [-0.2, 0) is 6.54 Å².